The van der Waals surface area contributed by atoms with Crippen LogP contribution in [0.4, 0.5) is 5.69 Å². The molecule has 2 aromatic carbocycles. The topological polar surface area (TPSA) is 46.5 Å². The van der Waals surface area contributed by atoms with E-state index in [-0.39, 0.29) is 9.92 Å². The highest BCUT2D eigenvalue weighted by Crippen LogP contribution is 2.32. The van der Waals surface area contributed by atoms with E-state index < -0.39 is 9.84 Å². The first-order valence-electron chi connectivity index (χ1n) is 6.55. The van der Waals surface area contributed by atoms with Gasteiger partial charge in [-0.25, -0.2) is 8.42 Å². The van der Waals surface area contributed by atoms with Crippen LogP contribution in [0, 0.1) is 0 Å². The van der Waals surface area contributed by atoms with E-state index in [2.05, 4.69) is 4.99 Å². The van der Waals surface area contributed by atoms with Crippen LogP contribution in [0.2, 0.25) is 5.02 Å². The van der Waals surface area contributed by atoms with Crippen LogP contribution in [0.1, 0.15) is 18.9 Å². The summed E-state index contributed by atoms with van der Waals surface area (Å²) in [6.45, 7) is 1.98. The number of hydrogen-bond acceptors (Lipinski definition) is 3. The van der Waals surface area contributed by atoms with Crippen LogP contribution in [0.15, 0.2) is 58.4 Å². The summed E-state index contributed by atoms with van der Waals surface area (Å²) in [5, 5.41) is 0.197. The summed E-state index contributed by atoms with van der Waals surface area (Å²) in [6.07, 6.45) is 1.83. The van der Waals surface area contributed by atoms with Crippen LogP contribution >= 0.6 is 11.6 Å². The Balaban J connectivity index is 2.62. The van der Waals surface area contributed by atoms with Gasteiger partial charge in [-0.3, -0.25) is 4.99 Å². The minimum atomic E-state index is -3.44. The Morgan fingerprint density at radius 3 is 2.33 bits per heavy atom. The van der Waals surface area contributed by atoms with Crippen molar-refractivity contribution < 1.29 is 8.42 Å². The van der Waals surface area contributed by atoms with Gasteiger partial charge in [0.1, 0.15) is 4.90 Å². The molecule has 0 atom stereocenters. The quantitative estimate of drug-likeness (QED) is 0.789. The molecule has 2 rings (SSSR count). The second-order valence-corrected chi connectivity index (χ2v) is 7.00. The Morgan fingerprint density at radius 2 is 1.76 bits per heavy atom. The summed E-state index contributed by atoms with van der Waals surface area (Å²) >= 11 is 6.04. The third kappa shape index (κ3) is 3.71. The molecule has 5 heteroatoms. The zero-order chi connectivity index (χ0) is 15.5. The average Bonchev–Trinajstić information content (AvgIpc) is 2.44. The highest BCUT2D eigenvalue weighted by molar-refractivity contribution is 7.91. The fourth-order valence-electron chi connectivity index (χ4n) is 2.08. The highest BCUT2D eigenvalue weighted by atomic mass is 35.5. The third-order valence-electron chi connectivity index (χ3n) is 3.01. The van der Waals surface area contributed by atoms with Crippen molar-refractivity contribution in [2.75, 3.05) is 6.26 Å². The first kappa shape index (κ1) is 15.7. The maximum Gasteiger partial charge on any atom is 0.179 e. The van der Waals surface area contributed by atoms with Gasteiger partial charge in [0, 0.05) is 12.0 Å². The van der Waals surface area contributed by atoms with Gasteiger partial charge in [-0.2, -0.15) is 0 Å². The molecule has 0 aromatic heterocycles. The molecule has 0 N–H and O–H groups in total. The Morgan fingerprint density at radius 1 is 1.10 bits per heavy atom. The van der Waals surface area contributed by atoms with E-state index in [1.165, 1.54) is 0 Å². The summed E-state index contributed by atoms with van der Waals surface area (Å²) in [6, 6.07) is 14.6. The molecule has 0 spiro atoms. The average molecular weight is 322 g/mol. The molecule has 0 aliphatic heterocycles. The van der Waals surface area contributed by atoms with Crippen LogP contribution in [0.5, 0.6) is 0 Å². The number of sulfone groups is 1. The molecule has 110 valence electrons. The Kier molecular flexibility index (Phi) is 4.80. The first-order chi connectivity index (χ1) is 9.93. The number of benzene rings is 2. The van der Waals surface area contributed by atoms with Gasteiger partial charge in [0.15, 0.2) is 9.84 Å². The van der Waals surface area contributed by atoms with E-state index in [1.54, 1.807) is 18.2 Å². The third-order valence-corrected chi connectivity index (χ3v) is 4.61. The van der Waals surface area contributed by atoms with E-state index >= 15 is 0 Å². The summed E-state index contributed by atoms with van der Waals surface area (Å²) in [7, 11) is -3.44. The molecule has 0 bridgehead atoms. The molecule has 0 saturated carbocycles. The Labute approximate surface area is 130 Å². The summed E-state index contributed by atoms with van der Waals surface area (Å²) in [5.41, 5.74) is 2.17. The Bertz CT molecular complexity index is 768. The second kappa shape index (κ2) is 6.41. The summed E-state index contributed by atoms with van der Waals surface area (Å²) < 4.78 is 23.9. The number of halogens is 1. The van der Waals surface area contributed by atoms with Crippen LogP contribution in [0.3, 0.4) is 0 Å². The molecular weight excluding hydrogens is 306 g/mol. The SMILES string of the molecule is CCC(=Nc1cccc(Cl)c1S(C)(=O)=O)c1ccccc1. The van der Waals surface area contributed by atoms with Gasteiger partial charge < -0.3 is 0 Å². The van der Waals surface area contributed by atoms with Gasteiger partial charge in [0.2, 0.25) is 0 Å². The van der Waals surface area contributed by atoms with Crippen molar-refractivity contribution in [3.63, 3.8) is 0 Å². The zero-order valence-electron chi connectivity index (χ0n) is 11.9. The van der Waals surface area contributed by atoms with Gasteiger partial charge in [-0.15, -0.1) is 0 Å². The molecular formula is C16H16ClNO2S. The molecule has 0 radical (unpaired) electrons. The first-order valence-corrected chi connectivity index (χ1v) is 8.82. The molecule has 0 amide bonds. The zero-order valence-corrected chi connectivity index (χ0v) is 13.4. The highest BCUT2D eigenvalue weighted by Gasteiger charge is 2.17. The van der Waals surface area contributed by atoms with Crippen molar-refractivity contribution in [1.29, 1.82) is 0 Å². The van der Waals surface area contributed by atoms with Gasteiger partial charge in [0.05, 0.1) is 10.7 Å². The Hall–Kier alpha value is -1.65. The fourth-order valence-corrected chi connectivity index (χ4v) is 3.58. The van der Waals surface area contributed by atoms with E-state index in [9.17, 15) is 8.42 Å². The molecule has 0 saturated heterocycles. The van der Waals surface area contributed by atoms with Crippen LogP contribution < -0.4 is 0 Å². The maximum absolute atomic E-state index is 11.9. The normalized spacial score (nSPS) is 12.4. The molecule has 0 fully saturated rings. The van der Waals surface area contributed by atoms with E-state index in [1.807, 2.05) is 37.3 Å². The van der Waals surface area contributed by atoms with Crippen LogP contribution in [-0.2, 0) is 9.84 Å². The molecule has 0 heterocycles. The smallest absolute Gasteiger partial charge is 0.179 e. The van der Waals surface area contributed by atoms with Gasteiger partial charge >= 0.3 is 0 Å². The van der Waals surface area contributed by atoms with Gasteiger partial charge in [-0.05, 0) is 24.1 Å². The minimum absolute atomic E-state index is 0.0774. The lowest BCUT2D eigenvalue weighted by Crippen LogP contribution is -2.02. The summed E-state index contributed by atoms with van der Waals surface area (Å²) in [5.74, 6) is 0. The van der Waals surface area contributed by atoms with E-state index in [0.717, 1.165) is 17.5 Å². The maximum atomic E-state index is 11.9. The van der Waals surface area contributed by atoms with Crippen LogP contribution in [-0.4, -0.2) is 20.4 Å². The number of nitrogens with zero attached hydrogens (tertiary/aromatic N) is 1. The van der Waals surface area contributed by atoms with Gasteiger partial charge in [0.25, 0.3) is 0 Å². The lowest BCUT2D eigenvalue weighted by Gasteiger charge is -2.09. The van der Waals surface area contributed by atoms with Crippen molar-refractivity contribution >= 4 is 32.8 Å². The van der Waals surface area contributed by atoms with Crippen LogP contribution in [0.25, 0.3) is 0 Å². The number of hydrogen-bond donors (Lipinski definition) is 0. The predicted octanol–water partition coefficient (Wildman–Crippen LogP) is 4.27. The fraction of sp³-hybridized carbons (Fsp3) is 0.188. The number of aliphatic imine (C=N–C) groups is 1. The number of rotatable bonds is 4. The molecule has 3 nitrogen and oxygen atoms in total. The largest absolute Gasteiger partial charge is 0.251 e. The van der Waals surface area contributed by atoms with Crippen molar-refractivity contribution in [1.82, 2.24) is 0 Å². The summed E-state index contributed by atoms with van der Waals surface area (Å²) in [4.78, 5) is 4.60. The van der Waals surface area contributed by atoms with Gasteiger partial charge in [-0.1, -0.05) is 54.9 Å². The van der Waals surface area contributed by atoms with E-state index in [0.29, 0.717) is 12.1 Å². The molecule has 0 aliphatic rings. The van der Waals surface area contributed by atoms with Crippen molar-refractivity contribution in [3.8, 4) is 0 Å². The second-order valence-electron chi connectivity index (χ2n) is 4.64. The lowest BCUT2D eigenvalue weighted by atomic mass is 10.1. The predicted molar refractivity (Wildman–Crippen MR) is 87.5 cm³/mol. The van der Waals surface area contributed by atoms with Crippen molar-refractivity contribution in [3.05, 3.63) is 59.1 Å². The standard InChI is InChI=1S/C16H16ClNO2S/c1-3-14(12-8-5-4-6-9-12)18-15-11-7-10-13(17)16(15)21(2,19)20/h4-11H,3H2,1-2H3. The van der Waals surface area contributed by atoms with Crippen molar-refractivity contribution in [2.24, 2.45) is 4.99 Å². The molecule has 2 aromatic rings. The molecule has 0 aliphatic carbocycles. The minimum Gasteiger partial charge on any atom is -0.251 e. The molecule has 21 heavy (non-hydrogen) atoms. The lowest BCUT2D eigenvalue weighted by molar-refractivity contribution is 0.602. The molecule has 0 unspecified atom stereocenters. The van der Waals surface area contributed by atoms with Crippen molar-refractivity contribution in [2.45, 2.75) is 18.2 Å². The van der Waals surface area contributed by atoms with E-state index in [4.69, 9.17) is 11.6 Å². The monoisotopic (exact) mass is 321 g/mol.